The van der Waals surface area contributed by atoms with Crippen LogP contribution in [0.5, 0.6) is 0 Å². The number of rotatable bonds is 2. The SMILES string of the molecule is CB1N(C)B(C)N(C)B(n2ccnc2-c2[c-]cccc2)N1C.[Ir]. The molecule has 5 nitrogen and oxygen atoms in total. The van der Waals surface area contributed by atoms with Crippen LogP contribution in [-0.2, 0) is 20.1 Å². The van der Waals surface area contributed by atoms with Crippen LogP contribution in [0.25, 0.3) is 11.4 Å². The van der Waals surface area contributed by atoms with Crippen LogP contribution in [0.2, 0.25) is 13.6 Å². The Morgan fingerprint density at radius 3 is 2.22 bits per heavy atom. The largest absolute Gasteiger partial charge is 0.412 e. The Morgan fingerprint density at radius 1 is 1.00 bits per heavy atom. The fraction of sp³-hybridized carbons (Fsp3) is 0.357. The Kier molecular flexibility index (Phi) is 5.92. The summed E-state index contributed by atoms with van der Waals surface area (Å²) in [6.07, 6.45) is 3.92. The fourth-order valence-corrected chi connectivity index (χ4v) is 3.19. The number of imidazole rings is 1. The number of benzene rings is 1. The Labute approximate surface area is 153 Å². The van der Waals surface area contributed by atoms with Gasteiger partial charge in [-0.1, -0.05) is 13.6 Å². The first-order valence-corrected chi connectivity index (χ1v) is 7.68. The number of aromatic nitrogens is 2. The molecule has 1 aliphatic rings. The summed E-state index contributed by atoms with van der Waals surface area (Å²) in [6.45, 7) is 5.18. The van der Waals surface area contributed by atoms with E-state index in [2.05, 4.69) is 76.7 Å². The standard InChI is InChI=1S/C14H21B3N5.Ir/c1-15-19(3)16(2)21(5)17(20(15)4)22-12-11-18-14(22)13-9-7-6-8-10-13;/h6-9,11-12H,1-5H3;/q-1;. The van der Waals surface area contributed by atoms with Crippen LogP contribution in [0.1, 0.15) is 0 Å². The van der Waals surface area contributed by atoms with Crippen LogP contribution in [-0.4, -0.2) is 65.9 Å². The Morgan fingerprint density at radius 2 is 1.65 bits per heavy atom. The Bertz CT molecular complexity index is 624. The van der Waals surface area contributed by atoms with Crippen molar-refractivity contribution in [2.75, 3.05) is 21.1 Å². The molecule has 1 fully saturated rings. The quantitative estimate of drug-likeness (QED) is 0.474. The van der Waals surface area contributed by atoms with Gasteiger partial charge in [0.25, 0.3) is 14.0 Å². The second-order valence-corrected chi connectivity index (χ2v) is 6.04. The van der Waals surface area contributed by atoms with Gasteiger partial charge in [0.2, 0.25) is 0 Å². The van der Waals surface area contributed by atoms with Crippen LogP contribution < -0.4 is 0 Å². The summed E-state index contributed by atoms with van der Waals surface area (Å²) >= 11 is 0. The van der Waals surface area contributed by atoms with Crippen LogP contribution in [0.15, 0.2) is 36.7 Å². The minimum absolute atomic E-state index is 0. The van der Waals surface area contributed by atoms with Gasteiger partial charge in [-0.3, -0.25) is 4.98 Å². The van der Waals surface area contributed by atoms with Crippen molar-refractivity contribution in [3.8, 4) is 11.4 Å². The van der Waals surface area contributed by atoms with E-state index in [4.69, 9.17) is 0 Å². The molecule has 0 saturated carbocycles. The molecular weight excluding hydrogens is 463 g/mol. The predicted octanol–water partition coefficient (Wildman–Crippen LogP) is 1.23. The molecule has 2 aromatic rings. The smallest absolute Gasteiger partial charge is 0.389 e. The summed E-state index contributed by atoms with van der Waals surface area (Å²) in [7, 11) is 6.62. The average Bonchev–Trinajstić information content (AvgIpc) is 3.01. The molecular formula is C14H21B3IrN5-. The molecule has 0 bridgehead atoms. The van der Waals surface area contributed by atoms with Gasteiger partial charge in [-0.2, -0.15) is 0 Å². The van der Waals surface area contributed by atoms with Gasteiger partial charge in [0, 0.05) is 38.3 Å². The van der Waals surface area contributed by atoms with Crippen LogP contribution in [0.4, 0.5) is 0 Å². The molecule has 1 radical (unpaired) electrons. The van der Waals surface area contributed by atoms with E-state index in [-0.39, 0.29) is 27.2 Å². The molecule has 1 aliphatic heterocycles. The zero-order valence-corrected chi connectivity index (χ0v) is 16.7. The third-order valence-electron chi connectivity index (χ3n) is 4.95. The van der Waals surface area contributed by atoms with Crippen LogP contribution in [0, 0.1) is 6.07 Å². The summed E-state index contributed by atoms with van der Waals surface area (Å²) < 4.78 is 9.30. The Balaban J connectivity index is 0.00000192. The minimum atomic E-state index is 0. The molecule has 1 saturated heterocycles. The summed E-state index contributed by atoms with van der Waals surface area (Å²) in [5, 5.41) is 0. The molecule has 23 heavy (non-hydrogen) atoms. The molecule has 1 aromatic heterocycles. The summed E-state index contributed by atoms with van der Waals surface area (Å²) in [6, 6.07) is 11.3. The van der Waals surface area contributed by atoms with E-state index in [1.807, 2.05) is 24.4 Å². The first-order chi connectivity index (χ1) is 10.5. The van der Waals surface area contributed by atoms with Gasteiger partial charge in [0.15, 0.2) is 0 Å². The van der Waals surface area contributed by atoms with Crippen LogP contribution in [0.3, 0.4) is 0 Å². The van der Waals surface area contributed by atoms with Gasteiger partial charge in [-0.05, 0) is 21.1 Å². The third kappa shape index (κ3) is 3.21. The second kappa shape index (κ2) is 7.37. The summed E-state index contributed by atoms with van der Waals surface area (Å²) in [5.74, 6) is 0.952. The van der Waals surface area contributed by atoms with Gasteiger partial charge in [0.1, 0.15) is 0 Å². The molecule has 0 N–H and O–H groups in total. The molecule has 0 aliphatic carbocycles. The van der Waals surface area contributed by atoms with Crippen molar-refractivity contribution >= 4 is 21.1 Å². The van der Waals surface area contributed by atoms with Crippen molar-refractivity contribution in [3.63, 3.8) is 0 Å². The summed E-state index contributed by atoms with van der Waals surface area (Å²) in [4.78, 5) is 4.56. The minimum Gasteiger partial charge on any atom is -0.389 e. The number of nitrogens with zero attached hydrogens (tertiary/aromatic N) is 5. The molecule has 2 heterocycles. The predicted molar refractivity (Wildman–Crippen MR) is 94.2 cm³/mol. The molecule has 1 aromatic carbocycles. The maximum absolute atomic E-state index is 4.56. The van der Waals surface area contributed by atoms with Crippen molar-refractivity contribution in [3.05, 3.63) is 42.7 Å². The molecule has 0 unspecified atom stereocenters. The normalized spacial score (nSPS) is 17.5. The van der Waals surface area contributed by atoms with E-state index in [0.29, 0.717) is 14.0 Å². The fourth-order valence-electron chi connectivity index (χ4n) is 3.19. The van der Waals surface area contributed by atoms with Crippen molar-refractivity contribution in [2.45, 2.75) is 13.6 Å². The van der Waals surface area contributed by atoms with Gasteiger partial charge < -0.3 is 18.6 Å². The van der Waals surface area contributed by atoms with E-state index < -0.39 is 0 Å². The zero-order chi connectivity index (χ0) is 15.9. The molecule has 0 spiro atoms. The van der Waals surface area contributed by atoms with Gasteiger partial charge in [-0.25, -0.2) is 0 Å². The van der Waals surface area contributed by atoms with E-state index in [9.17, 15) is 0 Å². The topological polar surface area (TPSA) is 27.5 Å². The molecule has 0 atom stereocenters. The Hall–Kier alpha value is -0.846. The maximum Gasteiger partial charge on any atom is 0.412 e. The average molecular weight is 484 g/mol. The van der Waals surface area contributed by atoms with Crippen molar-refractivity contribution in [2.24, 2.45) is 0 Å². The van der Waals surface area contributed by atoms with Crippen molar-refractivity contribution < 1.29 is 20.1 Å². The van der Waals surface area contributed by atoms with E-state index in [0.717, 1.165) is 11.4 Å². The van der Waals surface area contributed by atoms with Crippen LogP contribution >= 0.6 is 0 Å². The molecule has 3 rings (SSSR count). The van der Waals surface area contributed by atoms with Gasteiger partial charge >= 0.3 is 7.12 Å². The first-order valence-electron chi connectivity index (χ1n) is 7.68. The number of hydrogen-bond acceptors (Lipinski definition) is 4. The van der Waals surface area contributed by atoms with Crippen molar-refractivity contribution in [1.29, 1.82) is 0 Å². The number of hydrogen-bond donors (Lipinski definition) is 0. The molecule has 0 amide bonds. The summed E-state index contributed by atoms with van der Waals surface area (Å²) in [5.41, 5.74) is 1.02. The van der Waals surface area contributed by atoms with E-state index >= 15 is 0 Å². The van der Waals surface area contributed by atoms with Gasteiger partial charge in [-0.15, -0.1) is 35.9 Å². The zero-order valence-electron chi connectivity index (χ0n) is 14.3. The third-order valence-corrected chi connectivity index (χ3v) is 4.95. The second-order valence-electron chi connectivity index (χ2n) is 6.04. The van der Waals surface area contributed by atoms with Gasteiger partial charge in [0.05, 0.1) is 0 Å². The van der Waals surface area contributed by atoms with Crippen molar-refractivity contribution in [1.82, 2.24) is 23.6 Å². The first kappa shape index (κ1) is 18.5. The maximum atomic E-state index is 4.56. The molecule has 9 heteroatoms. The monoisotopic (exact) mass is 485 g/mol. The van der Waals surface area contributed by atoms with E-state index in [1.54, 1.807) is 0 Å². The molecule has 121 valence electrons. The van der Waals surface area contributed by atoms with E-state index in [1.165, 1.54) is 0 Å².